The summed E-state index contributed by atoms with van der Waals surface area (Å²) in [4.78, 5) is 37.2. The van der Waals surface area contributed by atoms with Crippen LogP contribution in [0.2, 0.25) is 0 Å². The zero-order valence-electron chi connectivity index (χ0n) is 10.9. The molecule has 7 heteroatoms. The highest BCUT2D eigenvalue weighted by atomic mass is 16.2. The number of carbonyl (C=O) groups is 3. The van der Waals surface area contributed by atoms with E-state index < -0.39 is 11.6 Å². The van der Waals surface area contributed by atoms with Crippen LogP contribution in [0, 0.1) is 5.92 Å². The van der Waals surface area contributed by atoms with Crippen LogP contribution in [0.25, 0.3) is 0 Å². The van der Waals surface area contributed by atoms with Crippen LogP contribution < -0.4 is 16.0 Å². The highest BCUT2D eigenvalue weighted by Gasteiger charge is 2.52. The van der Waals surface area contributed by atoms with Crippen molar-refractivity contribution in [2.24, 2.45) is 5.92 Å². The van der Waals surface area contributed by atoms with Gasteiger partial charge >= 0.3 is 6.03 Å². The van der Waals surface area contributed by atoms with Gasteiger partial charge in [0, 0.05) is 12.6 Å². The molecule has 19 heavy (non-hydrogen) atoms. The first-order chi connectivity index (χ1) is 9.02. The number of rotatable bonds is 1. The average Bonchev–Trinajstić information content (AvgIpc) is 3.01. The average molecular weight is 266 g/mol. The third kappa shape index (κ3) is 1.88. The number of carbonyl (C=O) groups excluding carboxylic acids is 3. The zero-order valence-corrected chi connectivity index (χ0v) is 10.9. The van der Waals surface area contributed by atoms with Crippen molar-refractivity contribution in [3.63, 3.8) is 0 Å². The molecule has 0 saturated carbocycles. The molecule has 104 valence electrons. The van der Waals surface area contributed by atoms with Crippen LogP contribution in [0.15, 0.2) is 0 Å². The Kier molecular flexibility index (Phi) is 2.74. The highest BCUT2D eigenvalue weighted by molar-refractivity contribution is 6.07. The molecule has 4 amide bonds. The van der Waals surface area contributed by atoms with E-state index >= 15 is 0 Å². The fourth-order valence-electron chi connectivity index (χ4n) is 3.24. The summed E-state index contributed by atoms with van der Waals surface area (Å²) in [5.74, 6) is -0.246. The molecule has 7 nitrogen and oxygen atoms in total. The van der Waals surface area contributed by atoms with Crippen molar-refractivity contribution in [3.05, 3.63) is 0 Å². The summed E-state index contributed by atoms with van der Waals surface area (Å²) >= 11 is 0. The number of hydrogen-bond donors (Lipinski definition) is 3. The first-order valence-electron chi connectivity index (χ1n) is 6.68. The third-order valence-corrected chi connectivity index (χ3v) is 4.44. The van der Waals surface area contributed by atoms with Gasteiger partial charge in [0.2, 0.25) is 5.91 Å². The lowest BCUT2D eigenvalue weighted by molar-refractivity contribution is -0.135. The van der Waals surface area contributed by atoms with Gasteiger partial charge in [0.15, 0.2) is 0 Å². The van der Waals surface area contributed by atoms with Crippen LogP contribution in [0.1, 0.15) is 19.8 Å². The number of nitrogens with one attached hydrogen (secondary N) is 3. The first kappa shape index (κ1) is 12.4. The highest BCUT2D eigenvalue weighted by Crippen LogP contribution is 2.28. The van der Waals surface area contributed by atoms with Crippen molar-refractivity contribution in [3.8, 4) is 0 Å². The summed E-state index contributed by atoms with van der Waals surface area (Å²) in [5.41, 5.74) is -0.901. The lowest BCUT2D eigenvalue weighted by atomic mass is 9.98. The van der Waals surface area contributed by atoms with E-state index in [1.165, 1.54) is 0 Å². The van der Waals surface area contributed by atoms with Crippen LogP contribution in [0.5, 0.6) is 0 Å². The number of imide groups is 1. The lowest BCUT2D eigenvalue weighted by Crippen LogP contribution is -2.50. The molecule has 1 spiro atoms. The quantitative estimate of drug-likeness (QED) is 0.520. The van der Waals surface area contributed by atoms with Crippen molar-refractivity contribution < 1.29 is 14.4 Å². The SMILES string of the molecule is CC1NCCC1C(=O)N1CCC2(C1)NC(=O)NC2=O. The molecule has 0 aliphatic carbocycles. The van der Waals surface area contributed by atoms with Gasteiger partial charge in [0.05, 0.1) is 12.5 Å². The summed E-state index contributed by atoms with van der Waals surface area (Å²) in [6, 6.07) is -0.286. The molecule has 3 atom stereocenters. The molecule has 3 unspecified atom stereocenters. The molecule has 3 aliphatic rings. The molecule has 3 heterocycles. The molecule has 3 N–H and O–H groups in total. The predicted molar refractivity (Wildman–Crippen MR) is 66.2 cm³/mol. The second-order valence-corrected chi connectivity index (χ2v) is 5.64. The number of nitrogens with zero attached hydrogens (tertiary/aromatic N) is 1. The number of amides is 4. The second-order valence-electron chi connectivity index (χ2n) is 5.64. The van der Waals surface area contributed by atoms with Gasteiger partial charge in [-0.2, -0.15) is 0 Å². The standard InChI is InChI=1S/C12H18N4O3/c1-7-8(2-4-13-7)9(17)16-5-3-12(6-16)10(18)14-11(19)15-12/h7-8,13H,2-6H2,1H3,(H2,14,15,18,19). The van der Waals surface area contributed by atoms with E-state index in [1.807, 2.05) is 6.92 Å². The van der Waals surface area contributed by atoms with E-state index in [9.17, 15) is 14.4 Å². The van der Waals surface area contributed by atoms with Crippen LogP contribution in [0.4, 0.5) is 4.79 Å². The van der Waals surface area contributed by atoms with E-state index in [4.69, 9.17) is 0 Å². The van der Waals surface area contributed by atoms with Gasteiger partial charge in [0.25, 0.3) is 5.91 Å². The van der Waals surface area contributed by atoms with E-state index in [2.05, 4.69) is 16.0 Å². The maximum Gasteiger partial charge on any atom is 0.322 e. The minimum atomic E-state index is -0.901. The molecular weight excluding hydrogens is 248 g/mol. The Morgan fingerprint density at radius 3 is 2.79 bits per heavy atom. The van der Waals surface area contributed by atoms with Crippen LogP contribution in [0.3, 0.4) is 0 Å². The van der Waals surface area contributed by atoms with Gasteiger partial charge < -0.3 is 15.5 Å². The van der Waals surface area contributed by atoms with Gasteiger partial charge in [-0.3, -0.25) is 14.9 Å². The Balaban J connectivity index is 1.70. The topological polar surface area (TPSA) is 90.5 Å². The van der Waals surface area contributed by atoms with Crippen LogP contribution >= 0.6 is 0 Å². The molecule has 3 rings (SSSR count). The maximum atomic E-state index is 12.4. The molecule has 0 bridgehead atoms. The second kappa shape index (κ2) is 4.19. The van der Waals surface area contributed by atoms with Crippen molar-refractivity contribution in [1.29, 1.82) is 0 Å². The lowest BCUT2D eigenvalue weighted by Gasteiger charge is -2.24. The predicted octanol–water partition coefficient (Wildman–Crippen LogP) is -1.21. The molecule has 3 fully saturated rings. The van der Waals surface area contributed by atoms with Gasteiger partial charge in [-0.25, -0.2) is 4.79 Å². The largest absolute Gasteiger partial charge is 0.339 e. The maximum absolute atomic E-state index is 12.4. The van der Waals surface area contributed by atoms with Gasteiger partial charge in [-0.15, -0.1) is 0 Å². The van der Waals surface area contributed by atoms with E-state index in [0.29, 0.717) is 13.0 Å². The summed E-state index contributed by atoms with van der Waals surface area (Å²) in [6.45, 7) is 3.67. The van der Waals surface area contributed by atoms with Crippen molar-refractivity contribution in [2.75, 3.05) is 19.6 Å². The summed E-state index contributed by atoms with van der Waals surface area (Å²) in [5, 5.41) is 8.16. The molecule has 0 aromatic heterocycles. The molecule has 3 saturated heterocycles. The summed E-state index contributed by atoms with van der Waals surface area (Å²) < 4.78 is 0. The Bertz CT molecular complexity index is 452. The van der Waals surface area contributed by atoms with Gasteiger partial charge in [-0.1, -0.05) is 0 Å². The number of likely N-dealkylation sites (tertiary alicyclic amines) is 1. The summed E-state index contributed by atoms with van der Waals surface area (Å²) in [7, 11) is 0. The van der Waals surface area contributed by atoms with Crippen molar-refractivity contribution in [1.82, 2.24) is 20.9 Å². The Labute approximate surface area is 111 Å². The molecule has 0 aromatic rings. The molecule has 3 aliphatic heterocycles. The number of urea groups is 1. The minimum absolute atomic E-state index is 0.0182. The fraction of sp³-hybridized carbons (Fsp3) is 0.750. The molecular formula is C12H18N4O3. The van der Waals surface area contributed by atoms with E-state index in [1.54, 1.807) is 4.90 Å². The Morgan fingerprint density at radius 2 is 2.21 bits per heavy atom. The van der Waals surface area contributed by atoms with Crippen LogP contribution in [-0.2, 0) is 9.59 Å². The van der Waals surface area contributed by atoms with Gasteiger partial charge in [0.1, 0.15) is 5.54 Å². The zero-order chi connectivity index (χ0) is 13.6. The third-order valence-electron chi connectivity index (χ3n) is 4.44. The molecule has 0 radical (unpaired) electrons. The van der Waals surface area contributed by atoms with Crippen LogP contribution in [-0.4, -0.2) is 54.0 Å². The van der Waals surface area contributed by atoms with E-state index in [-0.39, 0.29) is 30.3 Å². The Morgan fingerprint density at radius 1 is 1.42 bits per heavy atom. The van der Waals surface area contributed by atoms with Crippen molar-refractivity contribution in [2.45, 2.75) is 31.3 Å². The number of hydrogen-bond acceptors (Lipinski definition) is 4. The monoisotopic (exact) mass is 266 g/mol. The minimum Gasteiger partial charge on any atom is -0.339 e. The summed E-state index contributed by atoms with van der Waals surface area (Å²) in [6.07, 6.45) is 1.33. The van der Waals surface area contributed by atoms with E-state index in [0.717, 1.165) is 13.0 Å². The van der Waals surface area contributed by atoms with Gasteiger partial charge in [-0.05, 0) is 26.3 Å². The normalized spacial score (nSPS) is 37.8. The Hall–Kier alpha value is -1.63. The smallest absolute Gasteiger partial charge is 0.322 e. The first-order valence-corrected chi connectivity index (χ1v) is 6.68. The van der Waals surface area contributed by atoms with Crippen molar-refractivity contribution >= 4 is 17.8 Å². The fourth-order valence-corrected chi connectivity index (χ4v) is 3.24. The molecule has 0 aromatic carbocycles.